The molecule has 2 aromatic carbocycles. The fraction of sp³-hybridized carbons (Fsp3) is 0.217. The van der Waals surface area contributed by atoms with Crippen molar-refractivity contribution in [1.29, 1.82) is 0 Å². The van der Waals surface area contributed by atoms with Crippen LogP contribution in [0.2, 0.25) is 0 Å². The standard InChI is InChI=1S/C23H21N3O3S/c1-2-13-26-22(29)18-6-3-4-7-19(18)24-23(26)30-15-20(27)16-9-11-17(12-10-16)25-14-5-8-21(25)28/h2-4,6-7,9-12H,1,5,8,13-15H2. The van der Waals surface area contributed by atoms with E-state index in [-0.39, 0.29) is 23.0 Å². The Kier molecular flexibility index (Phi) is 5.81. The summed E-state index contributed by atoms with van der Waals surface area (Å²) >= 11 is 1.24. The van der Waals surface area contributed by atoms with Gasteiger partial charge in [0, 0.05) is 30.8 Å². The average Bonchev–Trinajstić information content (AvgIpc) is 3.20. The number of ketones is 1. The van der Waals surface area contributed by atoms with Crippen LogP contribution in [0.5, 0.6) is 0 Å². The minimum absolute atomic E-state index is 0.0631. The Bertz CT molecular complexity index is 1180. The lowest BCUT2D eigenvalue weighted by molar-refractivity contribution is -0.117. The molecule has 3 aromatic rings. The Labute approximate surface area is 178 Å². The van der Waals surface area contributed by atoms with E-state index >= 15 is 0 Å². The van der Waals surface area contributed by atoms with Crippen LogP contribution in [0, 0.1) is 0 Å². The van der Waals surface area contributed by atoms with Gasteiger partial charge in [-0.05, 0) is 42.8 Å². The molecular weight excluding hydrogens is 398 g/mol. The van der Waals surface area contributed by atoms with E-state index in [0.717, 1.165) is 18.7 Å². The van der Waals surface area contributed by atoms with Crippen LogP contribution in [0.1, 0.15) is 23.2 Å². The summed E-state index contributed by atoms with van der Waals surface area (Å²) in [4.78, 5) is 43.7. The molecule has 152 valence electrons. The molecule has 1 fully saturated rings. The zero-order chi connectivity index (χ0) is 21.1. The van der Waals surface area contributed by atoms with E-state index in [1.54, 1.807) is 41.3 Å². The van der Waals surface area contributed by atoms with E-state index in [1.165, 1.54) is 16.3 Å². The number of allylic oxidation sites excluding steroid dienone is 1. The predicted octanol–water partition coefficient (Wildman–Crippen LogP) is 3.68. The second-order valence-electron chi connectivity index (χ2n) is 7.02. The van der Waals surface area contributed by atoms with Crippen LogP contribution in [0.4, 0.5) is 5.69 Å². The van der Waals surface area contributed by atoms with Crippen molar-refractivity contribution in [2.24, 2.45) is 0 Å². The number of carbonyl (C=O) groups is 2. The van der Waals surface area contributed by atoms with E-state index in [2.05, 4.69) is 11.6 Å². The number of hydrogen-bond donors (Lipinski definition) is 0. The van der Waals surface area contributed by atoms with Crippen molar-refractivity contribution in [1.82, 2.24) is 9.55 Å². The lowest BCUT2D eigenvalue weighted by Crippen LogP contribution is -2.23. The largest absolute Gasteiger partial charge is 0.312 e. The first-order chi connectivity index (χ1) is 14.6. The highest BCUT2D eigenvalue weighted by Crippen LogP contribution is 2.23. The number of para-hydroxylation sites is 1. The third-order valence-corrected chi connectivity index (χ3v) is 6.02. The molecular formula is C23H21N3O3S. The molecule has 0 unspecified atom stereocenters. The monoisotopic (exact) mass is 419 g/mol. The van der Waals surface area contributed by atoms with Gasteiger partial charge in [-0.3, -0.25) is 19.0 Å². The summed E-state index contributed by atoms with van der Waals surface area (Å²) in [6.07, 6.45) is 3.08. The number of benzene rings is 2. The van der Waals surface area contributed by atoms with Gasteiger partial charge in [-0.1, -0.05) is 30.0 Å². The number of anilines is 1. The Morgan fingerprint density at radius 1 is 1.13 bits per heavy atom. The topological polar surface area (TPSA) is 72.3 Å². The lowest BCUT2D eigenvalue weighted by atomic mass is 10.1. The first-order valence-corrected chi connectivity index (χ1v) is 10.7. The highest BCUT2D eigenvalue weighted by molar-refractivity contribution is 7.99. The molecule has 1 aliphatic rings. The molecule has 1 aromatic heterocycles. The molecule has 0 N–H and O–H groups in total. The van der Waals surface area contributed by atoms with Crippen LogP contribution in [0.3, 0.4) is 0 Å². The van der Waals surface area contributed by atoms with Crippen molar-refractivity contribution < 1.29 is 9.59 Å². The SMILES string of the molecule is C=CCn1c(SCC(=O)c2ccc(N3CCCC3=O)cc2)nc2ccccc2c1=O. The summed E-state index contributed by atoms with van der Waals surface area (Å²) in [6, 6.07) is 14.3. The Morgan fingerprint density at radius 2 is 1.90 bits per heavy atom. The average molecular weight is 420 g/mol. The van der Waals surface area contributed by atoms with Crippen molar-refractivity contribution in [3.8, 4) is 0 Å². The number of aromatic nitrogens is 2. The summed E-state index contributed by atoms with van der Waals surface area (Å²) in [5, 5.41) is 1.04. The number of Topliss-reactive ketones (excluding diaryl/α,β-unsaturated/α-hetero) is 1. The van der Waals surface area contributed by atoms with Crippen LogP contribution in [-0.4, -0.2) is 33.5 Å². The van der Waals surface area contributed by atoms with E-state index in [1.807, 2.05) is 18.2 Å². The van der Waals surface area contributed by atoms with Gasteiger partial charge in [0.2, 0.25) is 5.91 Å². The Morgan fingerprint density at radius 3 is 2.60 bits per heavy atom. The van der Waals surface area contributed by atoms with Gasteiger partial charge in [-0.25, -0.2) is 4.98 Å². The molecule has 4 rings (SSSR count). The zero-order valence-corrected chi connectivity index (χ0v) is 17.2. The second kappa shape index (κ2) is 8.67. The van der Waals surface area contributed by atoms with Crippen molar-refractivity contribution in [2.45, 2.75) is 24.5 Å². The highest BCUT2D eigenvalue weighted by atomic mass is 32.2. The fourth-order valence-corrected chi connectivity index (χ4v) is 4.41. The molecule has 30 heavy (non-hydrogen) atoms. The van der Waals surface area contributed by atoms with Gasteiger partial charge in [-0.15, -0.1) is 6.58 Å². The third-order valence-electron chi connectivity index (χ3n) is 5.05. The van der Waals surface area contributed by atoms with Crippen molar-refractivity contribution in [3.63, 3.8) is 0 Å². The van der Waals surface area contributed by atoms with Gasteiger partial charge in [0.25, 0.3) is 5.56 Å². The van der Waals surface area contributed by atoms with Crippen molar-refractivity contribution in [2.75, 3.05) is 17.2 Å². The molecule has 0 saturated carbocycles. The smallest absolute Gasteiger partial charge is 0.262 e. The molecule has 1 amide bonds. The molecule has 2 heterocycles. The molecule has 0 bridgehead atoms. The number of hydrogen-bond acceptors (Lipinski definition) is 5. The summed E-state index contributed by atoms with van der Waals surface area (Å²) in [5.41, 5.74) is 1.85. The minimum atomic E-state index is -0.143. The summed E-state index contributed by atoms with van der Waals surface area (Å²) in [5.74, 6) is 0.211. The van der Waals surface area contributed by atoms with Crippen LogP contribution >= 0.6 is 11.8 Å². The lowest BCUT2D eigenvalue weighted by Gasteiger charge is -2.15. The van der Waals surface area contributed by atoms with Gasteiger partial charge in [0.1, 0.15) is 0 Å². The van der Waals surface area contributed by atoms with Crippen molar-refractivity contribution in [3.05, 3.63) is 77.1 Å². The quantitative estimate of drug-likeness (QED) is 0.253. The number of carbonyl (C=O) groups excluding carboxylic acids is 2. The van der Waals surface area contributed by atoms with Gasteiger partial charge in [0.15, 0.2) is 10.9 Å². The predicted molar refractivity (Wildman–Crippen MR) is 119 cm³/mol. The molecule has 6 nitrogen and oxygen atoms in total. The summed E-state index contributed by atoms with van der Waals surface area (Å²) < 4.78 is 1.54. The van der Waals surface area contributed by atoms with Crippen molar-refractivity contribution >= 4 is 40.0 Å². The Hall–Kier alpha value is -3.19. The first-order valence-electron chi connectivity index (χ1n) is 9.75. The molecule has 1 saturated heterocycles. The number of rotatable bonds is 7. The van der Waals surface area contributed by atoms with Crippen LogP contribution in [-0.2, 0) is 11.3 Å². The maximum absolute atomic E-state index is 12.8. The summed E-state index contributed by atoms with van der Waals surface area (Å²) in [7, 11) is 0. The van der Waals surface area contributed by atoms with Gasteiger partial charge in [0.05, 0.1) is 16.7 Å². The van der Waals surface area contributed by atoms with Gasteiger partial charge < -0.3 is 4.90 Å². The molecule has 0 radical (unpaired) electrons. The van der Waals surface area contributed by atoms with E-state index in [9.17, 15) is 14.4 Å². The normalized spacial score (nSPS) is 13.7. The maximum Gasteiger partial charge on any atom is 0.262 e. The van der Waals surface area contributed by atoms with Crippen LogP contribution in [0.15, 0.2) is 71.1 Å². The first kappa shape index (κ1) is 20.1. The number of nitrogens with zero attached hydrogens (tertiary/aromatic N) is 3. The number of thioether (sulfide) groups is 1. The van der Waals surface area contributed by atoms with Crippen LogP contribution < -0.4 is 10.5 Å². The van der Waals surface area contributed by atoms with E-state index in [0.29, 0.717) is 34.6 Å². The highest BCUT2D eigenvalue weighted by Gasteiger charge is 2.21. The molecule has 0 aliphatic carbocycles. The Balaban J connectivity index is 1.53. The zero-order valence-electron chi connectivity index (χ0n) is 16.4. The number of amides is 1. The van der Waals surface area contributed by atoms with E-state index in [4.69, 9.17) is 0 Å². The van der Waals surface area contributed by atoms with Crippen LogP contribution in [0.25, 0.3) is 10.9 Å². The van der Waals surface area contributed by atoms with Gasteiger partial charge in [-0.2, -0.15) is 0 Å². The molecule has 0 atom stereocenters. The second-order valence-corrected chi connectivity index (χ2v) is 7.97. The molecule has 7 heteroatoms. The molecule has 0 spiro atoms. The molecule has 1 aliphatic heterocycles. The van der Waals surface area contributed by atoms with Gasteiger partial charge >= 0.3 is 0 Å². The van der Waals surface area contributed by atoms with E-state index < -0.39 is 0 Å². The number of fused-ring (bicyclic) bond motifs is 1. The third kappa shape index (κ3) is 3.93. The fourth-order valence-electron chi connectivity index (χ4n) is 3.51. The summed E-state index contributed by atoms with van der Waals surface area (Å²) in [6.45, 7) is 4.76. The minimum Gasteiger partial charge on any atom is -0.312 e. The maximum atomic E-state index is 12.8.